The van der Waals surface area contributed by atoms with E-state index < -0.39 is 13.4 Å². The molecule has 0 radical (unpaired) electrons. The quantitative estimate of drug-likeness (QED) is 0.509. The minimum atomic E-state index is -3.23. The average Bonchev–Trinajstić information content (AvgIpc) is 1.93. The predicted molar refractivity (Wildman–Crippen MR) is 30.4 cm³/mol. The summed E-state index contributed by atoms with van der Waals surface area (Å²) in [5.41, 5.74) is -1.08. The van der Waals surface area contributed by atoms with Gasteiger partial charge in [0.25, 0.3) is 0 Å². The Labute approximate surface area is 57.5 Å². The van der Waals surface area contributed by atoms with E-state index in [1.54, 1.807) is 0 Å². The molecule has 58 valence electrons. The summed E-state index contributed by atoms with van der Waals surface area (Å²) < 4.78 is 24.9. The Morgan fingerprint density at radius 3 is 1.90 bits per heavy atom. The zero-order valence-corrected chi connectivity index (χ0v) is 6.04. The molecule has 0 aromatic rings. The lowest BCUT2D eigenvalue weighted by Crippen LogP contribution is -2.50. The molecule has 5 nitrogen and oxygen atoms in total. The highest BCUT2D eigenvalue weighted by Crippen LogP contribution is 2.57. The third-order valence-corrected chi connectivity index (χ3v) is 2.81. The van der Waals surface area contributed by atoms with Gasteiger partial charge in [0.2, 0.25) is 0 Å². The number of fused-ring (bicyclic) bond motifs is 3. The Bertz CT molecular complexity index is 171. The van der Waals surface area contributed by atoms with E-state index in [2.05, 4.69) is 13.6 Å². The lowest BCUT2D eigenvalue weighted by Gasteiger charge is -2.40. The van der Waals surface area contributed by atoms with Crippen molar-refractivity contribution in [2.75, 3.05) is 19.8 Å². The van der Waals surface area contributed by atoms with Crippen LogP contribution in [0.1, 0.15) is 0 Å². The lowest BCUT2D eigenvalue weighted by molar-refractivity contribution is -0.151. The van der Waals surface area contributed by atoms with Crippen molar-refractivity contribution in [3.05, 3.63) is 0 Å². The molecule has 6 heteroatoms. The van der Waals surface area contributed by atoms with Crippen LogP contribution in [0.5, 0.6) is 0 Å². The first kappa shape index (κ1) is 6.76. The molecule has 3 heterocycles. The number of phosphoric acid groups is 1. The number of hydrogen-bond acceptors (Lipinski definition) is 5. The SMILES string of the molecule is O=P12OCC(O)(CO1)CO2. The molecule has 0 saturated carbocycles. The van der Waals surface area contributed by atoms with Crippen LogP contribution in [0.15, 0.2) is 0 Å². The summed E-state index contributed by atoms with van der Waals surface area (Å²) in [5.74, 6) is 0. The molecular weight excluding hydrogens is 159 g/mol. The number of rotatable bonds is 0. The summed E-state index contributed by atoms with van der Waals surface area (Å²) >= 11 is 0. The fourth-order valence-electron chi connectivity index (χ4n) is 0.834. The summed E-state index contributed by atoms with van der Waals surface area (Å²) in [4.78, 5) is 0. The van der Waals surface area contributed by atoms with Gasteiger partial charge in [0.05, 0.1) is 19.8 Å². The van der Waals surface area contributed by atoms with E-state index >= 15 is 0 Å². The van der Waals surface area contributed by atoms with Gasteiger partial charge >= 0.3 is 7.82 Å². The molecule has 0 aromatic heterocycles. The van der Waals surface area contributed by atoms with Crippen molar-refractivity contribution in [2.24, 2.45) is 0 Å². The lowest BCUT2D eigenvalue weighted by atomic mass is 10.1. The Morgan fingerprint density at radius 2 is 1.60 bits per heavy atom. The van der Waals surface area contributed by atoms with Crippen LogP contribution in [0.4, 0.5) is 0 Å². The van der Waals surface area contributed by atoms with Crippen LogP contribution in [0.2, 0.25) is 0 Å². The summed E-state index contributed by atoms with van der Waals surface area (Å²) in [6, 6.07) is 0. The number of aliphatic hydroxyl groups is 1. The molecule has 0 aromatic carbocycles. The average molecular weight is 166 g/mol. The highest BCUT2D eigenvalue weighted by atomic mass is 31.2. The topological polar surface area (TPSA) is 65.0 Å². The molecule has 0 amide bonds. The van der Waals surface area contributed by atoms with Crippen LogP contribution >= 0.6 is 7.82 Å². The minimum absolute atomic E-state index is 0.0459. The van der Waals surface area contributed by atoms with Crippen molar-refractivity contribution >= 4 is 7.82 Å². The standard InChI is InChI=1S/C4H7O5P/c5-4-1-7-10(6,8-2-4)9-3-4/h5H,1-3H2. The fraction of sp³-hybridized carbons (Fsp3) is 1.00. The van der Waals surface area contributed by atoms with Crippen molar-refractivity contribution in [2.45, 2.75) is 5.60 Å². The van der Waals surface area contributed by atoms with Gasteiger partial charge in [-0.05, 0) is 0 Å². The molecule has 0 aliphatic carbocycles. The van der Waals surface area contributed by atoms with Crippen molar-refractivity contribution < 1.29 is 23.2 Å². The first-order chi connectivity index (χ1) is 4.62. The van der Waals surface area contributed by atoms with Gasteiger partial charge in [-0.15, -0.1) is 0 Å². The Balaban J connectivity index is 2.24. The molecule has 10 heavy (non-hydrogen) atoms. The van der Waals surface area contributed by atoms with Crippen molar-refractivity contribution in [3.8, 4) is 0 Å². The van der Waals surface area contributed by atoms with Gasteiger partial charge in [0.1, 0.15) is 5.60 Å². The highest BCUT2D eigenvalue weighted by Gasteiger charge is 2.49. The molecule has 0 unspecified atom stereocenters. The Morgan fingerprint density at radius 1 is 1.20 bits per heavy atom. The van der Waals surface area contributed by atoms with Gasteiger partial charge in [0.15, 0.2) is 0 Å². The van der Waals surface area contributed by atoms with E-state index in [0.29, 0.717) is 0 Å². The maximum atomic E-state index is 11.0. The molecule has 1 N–H and O–H groups in total. The molecule has 0 spiro atoms. The first-order valence-electron chi connectivity index (χ1n) is 2.88. The van der Waals surface area contributed by atoms with Gasteiger partial charge in [-0.3, -0.25) is 13.6 Å². The van der Waals surface area contributed by atoms with Gasteiger partial charge in [0, 0.05) is 0 Å². The van der Waals surface area contributed by atoms with E-state index in [4.69, 9.17) is 0 Å². The van der Waals surface area contributed by atoms with Crippen LogP contribution in [0, 0.1) is 0 Å². The Hall–Kier alpha value is 0.0700. The van der Waals surface area contributed by atoms with E-state index in [0.717, 1.165) is 0 Å². The second-order valence-electron chi connectivity index (χ2n) is 2.49. The normalized spacial score (nSPS) is 53.3. The molecule has 0 atom stereocenters. The summed E-state index contributed by atoms with van der Waals surface area (Å²) in [5, 5.41) is 9.34. The van der Waals surface area contributed by atoms with Crippen LogP contribution in [-0.4, -0.2) is 30.5 Å². The molecule has 3 saturated heterocycles. The number of hydrogen-bond donors (Lipinski definition) is 1. The first-order valence-corrected chi connectivity index (χ1v) is 4.34. The zero-order valence-electron chi connectivity index (χ0n) is 5.15. The largest absolute Gasteiger partial charge is 0.475 e. The van der Waals surface area contributed by atoms with Crippen LogP contribution in [0.3, 0.4) is 0 Å². The summed E-state index contributed by atoms with van der Waals surface area (Å²) in [7, 11) is -3.23. The van der Waals surface area contributed by atoms with Crippen molar-refractivity contribution in [3.63, 3.8) is 0 Å². The molecule has 3 aliphatic heterocycles. The van der Waals surface area contributed by atoms with E-state index in [-0.39, 0.29) is 19.8 Å². The van der Waals surface area contributed by atoms with Crippen LogP contribution < -0.4 is 0 Å². The maximum absolute atomic E-state index is 11.0. The van der Waals surface area contributed by atoms with Gasteiger partial charge in [-0.25, -0.2) is 4.57 Å². The van der Waals surface area contributed by atoms with E-state index in [1.807, 2.05) is 0 Å². The van der Waals surface area contributed by atoms with Gasteiger partial charge in [-0.2, -0.15) is 0 Å². The van der Waals surface area contributed by atoms with Crippen molar-refractivity contribution in [1.82, 2.24) is 0 Å². The minimum Gasteiger partial charge on any atom is -0.383 e. The summed E-state index contributed by atoms with van der Waals surface area (Å²) in [6.07, 6.45) is 0. The third-order valence-electron chi connectivity index (χ3n) is 1.47. The smallest absolute Gasteiger partial charge is 0.383 e. The van der Waals surface area contributed by atoms with E-state index in [1.165, 1.54) is 0 Å². The molecule has 3 fully saturated rings. The predicted octanol–water partition coefficient (Wildman–Crippen LogP) is -0.0974. The van der Waals surface area contributed by atoms with Crippen molar-refractivity contribution in [1.29, 1.82) is 0 Å². The second-order valence-corrected chi connectivity index (χ2v) is 4.16. The third kappa shape index (κ3) is 0.909. The Kier molecular flexibility index (Phi) is 1.22. The molecule has 3 aliphatic rings. The monoisotopic (exact) mass is 166 g/mol. The summed E-state index contributed by atoms with van der Waals surface area (Å²) in [6.45, 7) is 0.138. The number of phosphoric ester groups is 1. The second kappa shape index (κ2) is 1.81. The molecule has 2 bridgehead atoms. The molecule has 3 rings (SSSR count). The van der Waals surface area contributed by atoms with Gasteiger partial charge < -0.3 is 5.11 Å². The van der Waals surface area contributed by atoms with E-state index in [9.17, 15) is 9.67 Å². The van der Waals surface area contributed by atoms with Crippen LogP contribution in [-0.2, 0) is 18.1 Å². The fourth-order valence-corrected chi connectivity index (χ4v) is 2.25. The highest BCUT2D eigenvalue weighted by molar-refractivity contribution is 7.48. The maximum Gasteiger partial charge on any atom is 0.475 e. The zero-order chi connectivity index (χ0) is 7.24. The van der Waals surface area contributed by atoms with Crippen LogP contribution in [0.25, 0.3) is 0 Å². The molecular formula is C4H7O5P. The van der Waals surface area contributed by atoms with Gasteiger partial charge in [-0.1, -0.05) is 0 Å².